The zero-order valence-corrected chi connectivity index (χ0v) is 16.3. The van der Waals surface area contributed by atoms with E-state index in [4.69, 9.17) is 10.8 Å². The maximum absolute atomic E-state index is 12.5. The number of anilines is 1. The Morgan fingerprint density at radius 1 is 1.39 bits per heavy atom. The summed E-state index contributed by atoms with van der Waals surface area (Å²) in [7, 11) is 1.75. The zero-order valence-electron chi connectivity index (χ0n) is 15.5. The summed E-state index contributed by atoms with van der Waals surface area (Å²) in [6.07, 6.45) is 5.75. The van der Waals surface area contributed by atoms with Crippen LogP contribution in [0.3, 0.4) is 0 Å². The van der Waals surface area contributed by atoms with Crippen molar-refractivity contribution in [1.82, 2.24) is 14.8 Å². The SMILES string of the molecule is CN(C(=O)/C=C/c1cc2c(N)nccc2s1)C1CCN(C(=O)CC(=O)O)CC1. The summed E-state index contributed by atoms with van der Waals surface area (Å²) < 4.78 is 1.02. The number of hydrogen-bond acceptors (Lipinski definition) is 6. The van der Waals surface area contributed by atoms with Crippen molar-refractivity contribution < 1.29 is 19.5 Å². The Hall–Kier alpha value is -2.94. The van der Waals surface area contributed by atoms with Crippen molar-refractivity contribution in [2.75, 3.05) is 25.9 Å². The van der Waals surface area contributed by atoms with Gasteiger partial charge in [0.05, 0.1) is 0 Å². The van der Waals surface area contributed by atoms with Crippen LogP contribution in [-0.2, 0) is 14.4 Å². The molecule has 1 aliphatic heterocycles. The number of carboxylic acids is 1. The minimum atomic E-state index is -1.12. The fourth-order valence-electron chi connectivity index (χ4n) is 3.28. The first kappa shape index (κ1) is 19.8. The lowest BCUT2D eigenvalue weighted by Crippen LogP contribution is -2.47. The number of hydrogen-bond donors (Lipinski definition) is 2. The Kier molecular flexibility index (Phi) is 5.93. The number of fused-ring (bicyclic) bond motifs is 1. The van der Waals surface area contributed by atoms with Crippen molar-refractivity contribution in [2.45, 2.75) is 25.3 Å². The van der Waals surface area contributed by atoms with Crippen LogP contribution >= 0.6 is 11.3 Å². The van der Waals surface area contributed by atoms with Crippen LogP contribution in [0.1, 0.15) is 24.1 Å². The number of carboxylic acid groups (broad SMARTS) is 1. The molecule has 0 aliphatic carbocycles. The predicted octanol–water partition coefficient (Wildman–Crippen LogP) is 1.82. The normalized spacial score (nSPS) is 15.2. The number of carbonyl (C=O) groups is 3. The Balaban J connectivity index is 1.57. The molecular formula is C19H22N4O4S. The molecule has 3 N–H and O–H groups in total. The number of aliphatic carboxylic acids is 1. The second kappa shape index (κ2) is 8.39. The molecule has 0 atom stereocenters. The van der Waals surface area contributed by atoms with Crippen LogP contribution in [0.5, 0.6) is 0 Å². The van der Waals surface area contributed by atoms with Crippen molar-refractivity contribution >= 4 is 51.1 Å². The number of nitrogen functional groups attached to an aromatic ring is 1. The summed E-state index contributed by atoms with van der Waals surface area (Å²) in [4.78, 5) is 43.2. The molecule has 3 heterocycles. The van der Waals surface area contributed by atoms with Gasteiger partial charge in [-0.05, 0) is 31.1 Å². The molecule has 0 unspecified atom stereocenters. The van der Waals surface area contributed by atoms with E-state index in [1.54, 1.807) is 29.1 Å². The van der Waals surface area contributed by atoms with Gasteiger partial charge in [-0.2, -0.15) is 0 Å². The number of likely N-dealkylation sites (tertiary alicyclic amines) is 1. The van der Waals surface area contributed by atoms with Gasteiger partial charge >= 0.3 is 5.97 Å². The molecular weight excluding hydrogens is 380 g/mol. The fraction of sp³-hybridized carbons (Fsp3) is 0.368. The van der Waals surface area contributed by atoms with Gasteiger partial charge in [-0.25, -0.2) is 4.98 Å². The maximum atomic E-state index is 12.5. The van der Waals surface area contributed by atoms with E-state index in [0.29, 0.717) is 31.7 Å². The van der Waals surface area contributed by atoms with E-state index in [1.807, 2.05) is 12.1 Å². The number of nitrogens with zero attached hydrogens (tertiary/aromatic N) is 3. The van der Waals surface area contributed by atoms with Gasteiger partial charge < -0.3 is 20.6 Å². The molecule has 0 bridgehead atoms. The van der Waals surface area contributed by atoms with Gasteiger partial charge in [0.1, 0.15) is 12.2 Å². The molecule has 148 valence electrons. The number of piperidine rings is 1. The summed E-state index contributed by atoms with van der Waals surface area (Å²) in [6, 6.07) is 3.83. The fourth-order valence-corrected chi connectivity index (χ4v) is 4.25. The molecule has 1 aliphatic rings. The van der Waals surface area contributed by atoms with Crippen molar-refractivity contribution in [3.05, 3.63) is 29.3 Å². The summed E-state index contributed by atoms with van der Waals surface area (Å²) >= 11 is 1.54. The number of amides is 2. The van der Waals surface area contributed by atoms with E-state index in [2.05, 4.69) is 4.98 Å². The van der Waals surface area contributed by atoms with Gasteiger partial charge in [0, 0.05) is 53.4 Å². The van der Waals surface area contributed by atoms with E-state index in [1.165, 1.54) is 17.4 Å². The number of likely N-dealkylation sites (N-methyl/N-ethyl adjacent to an activating group) is 1. The average molecular weight is 402 g/mol. The lowest BCUT2D eigenvalue weighted by Gasteiger charge is -2.36. The standard InChI is InChI=1S/C19H22N4O4S/c1-22(12-5-8-23(9-6-12)17(25)11-18(26)27)16(24)3-2-13-10-14-15(28-13)4-7-21-19(14)20/h2-4,7,10,12H,5-6,8-9,11H2,1H3,(H2,20,21)(H,26,27)/b3-2+. The van der Waals surface area contributed by atoms with Crippen molar-refractivity contribution in [2.24, 2.45) is 0 Å². The van der Waals surface area contributed by atoms with Crippen LogP contribution < -0.4 is 5.73 Å². The smallest absolute Gasteiger partial charge is 0.312 e. The van der Waals surface area contributed by atoms with E-state index < -0.39 is 12.4 Å². The third kappa shape index (κ3) is 4.48. The van der Waals surface area contributed by atoms with E-state index in [9.17, 15) is 14.4 Å². The minimum Gasteiger partial charge on any atom is -0.481 e. The van der Waals surface area contributed by atoms with Gasteiger partial charge in [0.25, 0.3) is 0 Å². The average Bonchev–Trinajstić information content (AvgIpc) is 3.09. The number of thiophene rings is 1. The number of aromatic nitrogens is 1. The molecule has 1 saturated heterocycles. The van der Waals surface area contributed by atoms with Crippen LogP contribution in [0.15, 0.2) is 24.4 Å². The number of pyridine rings is 1. The van der Waals surface area contributed by atoms with Crippen LogP contribution in [0, 0.1) is 0 Å². The number of nitrogens with two attached hydrogens (primary N) is 1. The van der Waals surface area contributed by atoms with Crippen LogP contribution in [0.2, 0.25) is 0 Å². The highest BCUT2D eigenvalue weighted by atomic mass is 32.1. The molecule has 0 spiro atoms. The maximum Gasteiger partial charge on any atom is 0.312 e. The summed E-state index contributed by atoms with van der Waals surface area (Å²) in [5.74, 6) is -1.14. The van der Waals surface area contributed by atoms with E-state index >= 15 is 0 Å². The molecule has 28 heavy (non-hydrogen) atoms. The van der Waals surface area contributed by atoms with Crippen molar-refractivity contribution in [1.29, 1.82) is 0 Å². The Bertz CT molecular complexity index is 931. The van der Waals surface area contributed by atoms with Gasteiger partial charge in [0.15, 0.2) is 0 Å². The molecule has 0 aromatic carbocycles. The quantitative estimate of drug-likeness (QED) is 0.582. The highest BCUT2D eigenvalue weighted by Crippen LogP contribution is 2.29. The van der Waals surface area contributed by atoms with E-state index in [0.717, 1.165) is 15.0 Å². The Morgan fingerprint density at radius 2 is 2.11 bits per heavy atom. The predicted molar refractivity (Wildman–Crippen MR) is 108 cm³/mol. The van der Waals surface area contributed by atoms with Gasteiger partial charge in [-0.1, -0.05) is 0 Å². The Labute approximate surface area is 166 Å². The van der Waals surface area contributed by atoms with Crippen LogP contribution in [0.4, 0.5) is 5.82 Å². The molecule has 9 heteroatoms. The molecule has 1 fully saturated rings. The molecule has 2 aromatic rings. The molecule has 2 amide bonds. The Morgan fingerprint density at radius 3 is 2.75 bits per heavy atom. The van der Waals surface area contributed by atoms with Gasteiger partial charge in [-0.15, -0.1) is 11.3 Å². The van der Waals surface area contributed by atoms with Crippen molar-refractivity contribution in [3.8, 4) is 0 Å². The third-order valence-electron chi connectivity index (χ3n) is 4.90. The molecule has 0 saturated carbocycles. The zero-order chi connectivity index (χ0) is 20.3. The van der Waals surface area contributed by atoms with Gasteiger partial charge in [-0.3, -0.25) is 14.4 Å². The first-order valence-corrected chi connectivity index (χ1v) is 9.75. The number of carbonyl (C=O) groups excluding carboxylic acids is 2. The first-order chi connectivity index (χ1) is 13.3. The minimum absolute atomic E-state index is 0.0216. The molecule has 8 nitrogen and oxygen atoms in total. The molecule has 2 aromatic heterocycles. The summed E-state index contributed by atoms with van der Waals surface area (Å²) in [5, 5.41) is 9.61. The van der Waals surface area contributed by atoms with Crippen LogP contribution in [0.25, 0.3) is 16.2 Å². The highest BCUT2D eigenvalue weighted by Gasteiger charge is 2.27. The molecule has 0 radical (unpaired) electrons. The highest BCUT2D eigenvalue weighted by molar-refractivity contribution is 7.19. The van der Waals surface area contributed by atoms with Crippen molar-refractivity contribution in [3.63, 3.8) is 0 Å². The first-order valence-electron chi connectivity index (χ1n) is 8.93. The third-order valence-corrected chi connectivity index (χ3v) is 5.97. The van der Waals surface area contributed by atoms with E-state index in [-0.39, 0.29) is 17.9 Å². The second-order valence-electron chi connectivity index (χ2n) is 6.72. The second-order valence-corrected chi connectivity index (χ2v) is 7.84. The summed E-state index contributed by atoms with van der Waals surface area (Å²) in [6.45, 7) is 0.918. The molecule has 3 rings (SSSR count). The topological polar surface area (TPSA) is 117 Å². The van der Waals surface area contributed by atoms with Crippen LogP contribution in [-0.4, -0.2) is 63.9 Å². The monoisotopic (exact) mass is 402 g/mol. The largest absolute Gasteiger partial charge is 0.481 e. The number of rotatable bonds is 5. The van der Waals surface area contributed by atoms with Gasteiger partial charge in [0.2, 0.25) is 11.8 Å². The lowest BCUT2D eigenvalue weighted by molar-refractivity contribution is -0.144. The summed E-state index contributed by atoms with van der Waals surface area (Å²) in [5.41, 5.74) is 5.87. The lowest BCUT2D eigenvalue weighted by atomic mass is 10.0.